The lowest BCUT2D eigenvalue weighted by Crippen LogP contribution is -2.11. The summed E-state index contributed by atoms with van der Waals surface area (Å²) in [5.74, 6) is -0.0699. The average Bonchev–Trinajstić information content (AvgIpc) is 3.32. The van der Waals surface area contributed by atoms with Crippen LogP contribution in [0.2, 0.25) is 0 Å². The first kappa shape index (κ1) is 19.3. The number of nitrogens with one attached hydrogen (secondary N) is 1. The van der Waals surface area contributed by atoms with E-state index < -0.39 is 5.91 Å². The molecular formula is C23H21FN2O2S. The second-order valence-corrected chi connectivity index (χ2v) is 7.98. The lowest BCUT2D eigenvalue weighted by Gasteiger charge is -2.08. The Labute approximate surface area is 172 Å². The average molecular weight is 408 g/mol. The number of carbonyl (C=O) groups is 1. The molecule has 0 aliphatic rings. The Hall–Kier alpha value is -2.99. The predicted molar refractivity (Wildman–Crippen MR) is 115 cm³/mol. The zero-order chi connectivity index (χ0) is 20.5. The van der Waals surface area contributed by atoms with E-state index in [-0.39, 0.29) is 11.6 Å². The Kier molecular flexibility index (Phi) is 5.20. The van der Waals surface area contributed by atoms with E-state index in [0.29, 0.717) is 27.6 Å². The van der Waals surface area contributed by atoms with Gasteiger partial charge < -0.3 is 4.42 Å². The standard InChI is InChI=1S/C23H21FN2O2S/c1-4-13(2)15-5-7-16(8-6-15)19-12-29-23(25-19)26-22(27)21-14(3)18-11-17(24)9-10-20(18)28-21/h5-13H,4H2,1-3H3,(H,25,26,27)/t13-/m1/s1. The van der Waals surface area contributed by atoms with E-state index in [0.717, 1.165) is 17.7 Å². The third kappa shape index (κ3) is 3.80. The highest BCUT2D eigenvalue weighted by molar-refractivity contribution is 7.14. The molecule has 0 spiro atoms. The molecule has 0 aliphatic heterocycles. The maximum atomic E-state index is 13.5. The fourth-order valence-electron chi connectivity index (χ4n) is 3.25. The number of hydrogen-bond acceptors (Lipinski definition) is 4. The number of furan rings is 1. The van der Waals surface area contributed by atoms with Gasteiger partial charge in [-0.15, -0.1) is 11.3 Å². The van der Waals surface area contributed by atoms with Crippen LogP contribution < -0.4 is 5.32 Å². The molecule has 4 aromatic rings. The number of anilines is 1. The summed E-state index contributed by atoms with van der Waals surface area (Å²) < 4.78 is 19.1. The molecule has 4 rings (SSSR count). The number of aryl methyl sites for hydroxylation is 1. The van der Waals surface area contributed by atoms with Crippen LogP contribution in [-0.4, -0.2) is 10.9 Å². The molecule has 148 valence electrons. The van der Waals surface area contributed by atoms with E-state index in [1.54, 1.807) is 6.92 Å². The van der Waals surface area contributed by atoms with E-state index in [2.05, 4.69) is 48.4 Å². The molecule has 2 heterocycles. The second kappa shape index (κ2) is 7.79. The number of hydrogen-bond donors (Lipinski definition) is 1. The Morgan fingerprint density at radius 2 is 2.00 bits per heavy atom. The van der Waals surface area contributed by atoms with Gasteiger partial charge in [-0.2, -0.15) is 0 Å². The van der Waals surface area contributed by atoms with Crippen molar-refractivity contribution < 1.29 is 13.6 Å². The first-order valence-corrected chi connectivity index (χ1v) is 10.4. The normalized spacial score (nSPS) is 12.3. The van der Waals surface area contributed by atoms with Crippen molar-refractivity contribution in [3.05, 3.63) is 70.5 Å². The van der Waals surface area contributed by atoms with E-state index in [4.69, 9.17) is 4.42 Å². The number of fused-ring (bicyclic) bond motifs is 1. The minimum atomic E-state index is -0.396. The Bertz CT molecular complexity index is 1180. The highest BCUT2D eigenvalue weighted by atomic mass is 32.1. The van der Waals surface area contributed by atoms with Gasteiger partial charge >= 0.3 is 0 Å². The van der Waals surface area contributed by atoms with Crippen LogP contribution in [0.3, 0.4) is 0 Å². The summed E-state index contributed by atoms with van der Waals surface area (Å²) in [4.78, 5) is 17.2. The topological polar surface area (TPSA) is 55.1 Å². The van der Waals surface area contributed by atoms with Crippen LogP contribution >= 0.6 is 11.3 Å². The van der Waals surface area contributed by atoms with Crippen LogP contribution in [0.1, 0.15) is 47.9 Å². The molecule has 0 bridgehead atoms. The van der Waals surface area contributed by atoms with Gasteiger partial charge in [0, 0.05) is 21.9 Å². The Morgan fingerprint density at radius 1 is 1.24 bits per heavy atom. The fraction of sp³-hybridized carbons (Fsp3) is 0.217. The number of carbonyl (C=O) groups excluding carboxylic acids is 1. The van der Waals surface area contributed by atoms with Crippen molar-refractivity contribution in [2.75, 3.05) is 5.32 Å². The molecule has 1 atom stereocenters. The molecular weight excluding hydrogens is 387 g/mol. The third-order valence-corrected chi connectivity index (χ3v) is 5.97. The van der Waals surface area contributed by atoms with Crippen molar-refractivity contribution in [3.63, 3.8) is 0 Å². The minimum absolute atomic E-state index is 0.167. The second-order valence-electron chi connectivity index (χ2n) is 7.12. The smallest absolute Gasteiger partial charge is 0.293 e. The summed E-state index contributed by atoms with van der Waals surface area (Å²) in [6.07, 6.45) is 1.10. The van der Waals surface area contributed by atoms with Crippen LogP contribution in [0, 0.1) is 12.7 Å². The largest absolute Gasteiger partial charge is 0.451 e. The predicted octanol–water partition coefficient (Wildman–Crippen LogP) is 6.77. The first-order valence-electron chi connectivity index (χ1n) is 9.52. The molecule has 29 heavy (non-hydrogen) atoms. The molecule has 0 fully saturated rings. The molecule has 0 saturated heterocycles. The SMILES string of the molecule is CC[C@@H](C)c1ccc(-c2csc(NC(=O)c3oc4ccc(F)cc4c3C)n2)cc1. The molecule has 6 heteroatoms. The van der Waals surface area contributed by atoms with Gasteiger partial charge in [0.1, 0.15) is 11.4 Å². The fourth-order valence-corrected chi connectivity index (χ4v) is 3.96. The van der Waals surface area contributed by atoms with E-state index in [1.165, 1.54) is 35.1 Å². The van der Waals surface area contributed by atoms with E-state index in [9.17, 15) is 9.18 Å². The maximum absolute atomic E-state index is 13.5. The highest BCUT2D eigenvalue weighted by Crippen LogP contribution is 2.29. The third-order valence-electron chi connectivity index (χ3n) is 5.22. The summed E-state index contributed by atoms with van der Waals surface area (Å²) in [7, 11) is 0. The van der Waals surface area contributed by atoms with Crippen molar-refractivity contribution in [3.8, 4) is 11.3 Å². The van der Waals surface area contributed by atoms with E-state index in [1.807, 2.05) is 5.38 Å². The summed E-state index contributed by atoms with van der Waals surface area (Å²) in [6, 6.07) is 12.6. The van der Waals surface area contributed by atoms with Crippen molar-refractivity contribution >= 4 is 33.3 Å². The molecule has 2 aromatic carbocycles. The maximum Gasteiger partial charge on any atom is 0.293 e. The van der Waals surface area contributed by atoms with Gasteiger partial charge in [-0.1, -0.05) is 38.1 Å². The summed E-state index contributed by atoms with van der Waals surface area (Å²) in [6.45, 7) is 6.13. The van der Waals surface area contributed by atoms with Crippen LogP contribution in [0.15, 0.2) is 52.3 Å². The van der Waals surface area contributed by atoms with Crippen LogP contribution in [0.5, 0.6) is 0 Å². The number of thiazole rings is 1. The quantitative estimate of drug-likeness (QED) is 0.396. The number of nitrogens with zero attached hydrogens (tertiary/aromatic N) is 1. The zero-order valence-corrected chi connectivity index (χ0v) is 17.3. The minimum Gasteiger partial charge on any atom is -0.451 e. The van der Waals surface area contributed by atoms with Gasteiger partial charge in [0.25, 0.3) is 5.91 Å². The van der Waals surface area contributed by atoms with E-state index >= 15 is 0 Å². The van der Waals surface area contributed by atoms with Gasteiger partial charge in [-0.3, -0.25) is 10.1 Å². The summed E-state index contributed by atoms with van der Waals surface area (Å²) >= 11 is 1.35. The molecule has 1 N–H and O–H groups in total. The van der Waals surface area contributed by atoms with Crippen LogP contribution in [0.4, 0.5) is 9.52 Å². The number of amides is 1. The van der Waals surface area contributed by atoms with Gasteiger partial charge in [0.2, 0.25) is 0 Å². The van der Waals surface area contributed by atoms with Crippen molar-refractivity contribution in [2.45, 2.75) is 33.1 Å². The zero-order valence-electron chi connectivity index (χ0n) is 16.5. The van der Waals surface area contributed by atoms with Gasteiger partial charge in [0.15, 0.2) is 10.9 Å². The van der Waals surface area contributed by atoms with Crippen molar-refractivity contribution in [1.82, 2.24) is 4.98 Å². The summed E-state index contributed by atoms with van der Waals surface area (Å²) in [5, 5.41) is 5.78. The van der Waals surface area contributed by atoms with Crippen molar-refractivity contribution in [2.24, 2.45) is 0 Å². The van der Waals surface area contributed by atoms with Gasteiger partial charge in [-0.25, -0.2) is 9.37 Å². The molecule has 2 aromatic heterocycles. The van der Waals surface area contributed by atoms with Gasteiger partial charge in [-0.05, 0) is 43.0 Å². The highest BCUT2D eigenvalue weighted by Gasteiger charge is 2.19. The molecule has 0 unspecified atom stereocenters. The van der Waals surface area contributed by atoms with Gasteiger partial charge in [0.05, 0.1) is 5.69 Å². The van der Waals surface area contributed by atoms with Crippen LogP contribution in [0.25, 0.3) is 22.2 Å². The lowest BCUT2D eigenvalue weighted by molar-refractivity contribution is 0.0998. The van der Waals surface area contributed by atoms with Crippen molar-refractivity contribution in [1.29, 1.82) is 0 Å². The molecule has 0 saturated carbocycles. The summed E-state index contributed by atoms with van der Waals surface area (Å²) in [5.41, 5.74) is 4.20. The molecule has 0 aliphatic carbocycles. The first-order chi connectivity index (χ1) is 14.0. The number of aromatic nitrogens is 1. The molecule has 0 radical (unpaired) electrons. The monoisotopic (exact) mass is 408 g/mol. The number of halogens is 1. The lowest BCUT2D eigenvalue weighted by atomic mass is 9.97. The number of rotatable bonds is 5. The molecule has 4 nitrogen and oxygen atoms in total. The van der Waals surface area contributed by atoms with Crippen LogP contribution in [-0.2, 0) is 0 Å². The number of benzene rings is 2. The Morgan fingerprint density at radius 3 is 2.72 bits per heavy atom. The molecule has 1 amide bonds. The Balaban J connectivity index is 1.53.